The first-order valence-electron chi connectivity index (χ1n) is 8.90. The van der Waals surface area contributed by atoms with Gasteiger partial charge >= 0.3 is 0 Å². The van der Waals surface area contributed by atoms with E-state index in [2.05, 4.69) is 20.7 Å². The first-order chi connectivity index (χ1) is 13.5. The number of aromatic nitrogens is 2. The van der Waals surface area contributed by atoms with Crippen molar-refractivity contribution in [2.45, 2.75) is 20.8 Å². The summed E-state index contributed by atoms with van der Waals surface area (Å²) in [4.78, 5) is 12.3. The highest BCUT2D eigenvalue weighted by atomic mass is 16.5. The summed E-state index contributed by atoms with van der Waals surface area (Å²) in [6.45, 7) is 6.34. The molecule has 144 valence electrons. The SMILES string of the molecule is CCOc1cccc(/C=N/NC(=O)c2cc(-c3ccc(C)c(C)c3)n[nH]2)c1O. The molecule has 0 radical (unpaired) electrons. The van der Waals surface area contributed by atoms with Gasteiger partial charge in [-0.15, -0.1) is 0 Å². The summed E-state index contributed by atoms with van der Waals surface area (Å²) in [5.41, 5.74) is 7.11. The van der Waals surface area contributed by atoms with Crippen molar-refractivity contribution in [1.29, 1.82) is 0 Å². The van der Waals surface area contributed by atoms with Crippen molar-refractivity contribution in [3.63, 3.8) is 0 Å². The molecule has 7 heteroatoms. The smallest absolute Gasteiger partial charge is 0.289 e. The van der Waals surface area contributed by atoms with Crippen molar-refractivity contribution < 1.29 is 14.6 Å². The summed E-state index contributed by atoms with van der Waals surface area (Å²) in [5, 5.41) is 20.9. The van der Waals surface area contributed by atoms with Crippen LogP contribution in [0.3, 0.4) is 0 Å². The molecule has 2 aromatic carbocycles. The number of nitrogens with one attached hydrogen (secondary N) is 2. The minimum atomic E-state index is -0.431. The second-order valence-electron chi connectivity index (χ2n) is 6.29. The van der Waals surface area contributed by atoms with Crippen LogP contribution in [0.15, 0.2) is 47.6 Å². The Morgan fingerprint density at radius 3 is 2.82 bits per heavy atom. The number of ether oxygens (including phenoxy) is 1. The van der Waals surface area contributed by atoms with Crippen molar-refractivity contribution in [3.8, 4) is 22.8 Å². The van der Waals surface area contributed by atoms with Gasteiger partial charge in [0.15, 0.2) is 11.5 Å². The normalized spacial score (nSPS) is 11.0. The Labute approximate surface area is 163 Å². The number of carbonyl (C=O) groups excluding carboxylic acids is 1. The molecule has 1 aromatic heterocycles. The van der Waals surface area contributed by atoms with E-state index in [1.807, 2.05) is 39.0 Å². The van der Waals surface area contributed by atoms with E-state index < -0.39 is 5.91 Å². The molecule has 0 saturated heterocycles. The standard InChI is InChI=1S/C21H22N4O3/c1-4-28-19-7-5-6-16(20(19)26)12-22-25-21(27)18-11-17(23-24-18)15-9-8-13(2)14(3)10-15/h5-12,26H,4H2,1-3H3,(H,23,24)(H,25,27)/b22-12+. The van der Waals surface area contributed by atoms with E-state index in [1.54, 1.807) is 24.3 Å². The quantitative estimate of drug-likeness (QED) is 0.451. The monoisotopic (exact) mass is 378 g/mol. The van der Waals surface area contributed by atoms with Crippen LogP contribution in [0.2, 0.25) is 0 Å². The summed E-state index contributed by atoms with van der Waals surface area (Å²) in [6, 6.07) is 12.7. The predicted octanol–water partition coefficient (Wildman–Crippen LogP) is 3.56. The van der Waals surface area contributed by atoms with Crippen LogP contribution in [0.1, 0.15) is 34.1 Å². The van der Waals surface area contributed by atoms with Gasteiger partial charge in [0, 0.05) is 11.1 Å². The fourth-order valence-electron chi connectivity index (χ4n) is 2.62. The van der Waals surface area contributed by atoms with E-state index in [0.29, 0.717) is 23.6 Å². The first kappa shape index (κ1) is 19.2. The number of aromatic amines is 1. The number of benzene rings is 2. The Bertz CT molecular complexity index is 1020. The lowest BCUT2D eigenvalue weighted by atomic mass is 10.0. The van der Waals surface area contributed by atoms with Gasteiger partial charge in [0.25, 0.3) is 5.91 Å². The highest BCUT2D eigenvalue weighted by Crippen LogP contribution is 2.28. The summed E-state index contributed by atoms with van der Waals surface area (Å²) < 4.78 is 5.32. The van der Waals surface area contributed by atoms with Crippen molar-refractivity contribution in [1.82, 2.24) is 15.6 Å². The molecule has 0 spiro atoms. The van der Waals surface area contributed by atoms with E-state index in [1.165, 1.54) is 11.8 Å². The number of phenols is 1. The van der Waals surface area contributed by atoms with Crippen LogP contribution >= 0.6 is 0 Å². The van der Waals surface area contributed by atoms with Crippen LogP contribution in [0.25, 0.3) is 11.3 Å². The molecular formula is C21H22N4O3. The van der Waals surface area contributed by atoms with E-state index in [4.69, 9.17) is 4.74 Å². The largest absolute Gasteiger partial charge is 0.504 e. The lowest BCUT2D eigenvalue weighted by molar-refractivity contribution is 0.0950. The van der Waals surface area contributed by atoms with Crippen LogP contribution < -0.4 is 10.2 Å². The van der Waals surface area contributed by atoms with Crippen molar-refractivity contribution in [2.75, 3.05) is 6.61 Å². The fourth-order valence-corrected chi connectivity index (χ4v) is 2.62. The maximum Gasteiger partial charge on any atom is 0.289 e. The molecule has 0 bridgehead atoms. The predicted molar refractivity (Wildman–Crippen MR) is 108 cm³/mol. The fraction of sp³-hybridized carbons (Fsp3) is 0.190. The Kier molecular flexibility index (Phi) is 5.74. The number of nitrogens with zero attached hydrogens (tertiary/aromatic N) is 2. The average Bonchev–Trinajstić information content (AvgIpc) is 3.17. The molecule has 3 rings (SSSR count). The summed E-state index contributed by atoms with van der Waals surface area (Å²) in [5.74, 6) is -0.0930. The molecule has 1 heterocycles. The van der Waals surface area contributed by atoms with Gasteiger partial charge in [0.1, 0.15) is 5.69 Å². The zero-order valence-electron chi connectivity index (χ0n) is 16.0. The minimum absolute atomic E-state index is 0.0269. The zero-order valence-corrected chi connectivity index (χ0v) is 16.0. The number of H-pyrrole nitrogens is 1. The molecule has 0 aliphatic rings. The molecule has 0 saturated carbocycles. The van der Waals surface area contributed by atoms with Crippen LogP contribution in [0, 0.1) is 13.8 Å². The second kappa shape index (κ2) is 8.39. The molecular weight excluding hydrogens is 356 g/mol. The van der Waals surface area contributed by atoms with Crippen LogP contribution in [0.5, 0.6) is 11.5 Å². The average molecular weight is 378 g/mol. The molecule has 0 atom stereocenters. The molecule has 0 unspecified atom stereocenters. The third-order valence-corrected chi connectivity index (χ3v) is 4.32. The van der Waals surface area contributed by atoms with Crippen LogP contribution in [0.4, 0.5) is 0 Å². The number of para-hydroxylation sites is 1. The van der Waals surface area contributed by atoms with Gasteiger partial charge in [-0.25, -0.2) is 5.43 Å². The number of aryl methyl sites for hydroxylation is 2. The van der Waals surface area contributed by atoms with Crippen molar-refractivity contribution in [2.24, 2.45) is 5.10 Å². The summed E-state index contributed by atoms with van der Waals surface area (Å²) in [7, 11) is 0. The molecule has 3 aromatic rings. The number of amides is 1. The highest BCUT2D eigenvalue weighted by Gasteiger charge is 2.11. The van der Waals surface area contributed by atoms with Gasteiger partial charge in [0.2, 0.25) is 0 Å². The maximum absolute atomic E-state index is 12.3. The Hall–Kier alpha value is -3.61. The van der Waals surface area contributed by atoms with Crippen LogP contribution in [-0.4, -0.2) is 34.0 Å². The first-order valence-corrected chi connectivity index (χ1v) is 8.90. The molecule has 0 fully saturated rings. The highest BCUT2D eigenvalue weighted by molar-refractivity contribution is 5.94. The van der Waals surface area contributed by atoms with Crippen molar-refractivity contribution in [3.05, 3.63) is 64.8 Å². The number of hydrogen-bond acceptors (Lipinski definition) is 5. The number of hydrazone groups is 1. The minimum Gasteiger partial charge on any atom is -0.504 e. The zero-order chi connectivity index (χ0) is 20.1. The van der Waals surface area contributed by atoms with Crippen LogP contribution in [-0.2, 0) is 0 Å². The Balaban J connectivity index is 1.69. The topological polar surface area (TPSA) is 99.6 Å². The van der Waals surface area contributed by atoms with Gasteiger partial charge in [-0.2, -0.15) is 10.2 Å². The van der Waals surface area contributed by atoms with Gasteiger partial charge in [-0.3, -0.25) is 9.89 Å². The van der Waals surface area contributed by atoms with E-state index >= 15 is 0 Å². The summed E-state index contributed by atoms with van der Waals surface area (Å²) >= 11 is 0. The summed E-state index contributed by atoms with van der Waals surface area (Å²) in [6.07, 6.45) is 1.36. The van der Waals surface area contributed by atoms with E-state index in [-0.39, 0.29) is 11.4 Å². The molecule has 1 amide bonds. The molecule has 3 N–H and O–H groups in total. The number of hydrogen-bond donors (Lipinski definition) is 3. The second-order valence-corrected chi connectivity index (χ2v) is 6.29. The number of phenolic OH excluding ortho intramolecular Hbond substituents is 1. The third-order valence-electron chi connectivity index (χ3n) is 4.32. The van der Waals surface area contributed by atoms with Gasteiger partial charge in [-0.05, 0) is 56.2 Å². The maximum atomic E-state index is 12.3. The number of rotatable bonds is 6. The molecule has 7 nitrogen and oxygen atoms in total. The lowest BCUT2D eigenvalue weighted by Gasteiger charge is -2.07. The van der Waals surface area contributed by atoms with E-state index in [0.717, 1.165) is 11.1 Å². The lowest BCUT2D eigenvalue weighted by Crippen LogP contribution is -2.18. The molecule has 0 aliphatic carbocycles. The Morgan fingerprint density at radius 2 is 2.07 bits per heavy atom. The number of aromatic hydroxyl groups is 1. The van der Waals surface area contributed by atoms with E-state index in [9.17, 15) is 9.90 Å². The molecule has 0 aliphatic heterocycles. The van der Waals surface area contributed by atoms with Crippen molar-refractivity contribution >= 4 is 12.1 Å². The van der Waals surface area contributed by atoms with Gasteiger partial charge < -0.3 is 9.84 Å². The van der Waals surface area contributed by atoms with Gasteiger partial charge in [0.05, 0.1) is 18.5 Å². The molecule has 28 heavy (non-hydrogen) atoms. The van der Waals surface area contributed by atoms with Gasteiger partial charge in [-0.1, -0.05) is 18.2 Å². The number of carbonyl (C=O) groups is 1. The Morgan fingerprint density at radius 1 is 1.25 bits per heavy atom. The third kappa shape index (κ3) is 4.20.